The van der Waals surface area contributed by atoms with Crippen molar-refractivity contribution < 1.29 is 9.47 Å². The first-order valence-corrected chi connectivity index (χ1v) is 8.00. The Labute approximate surface area is 126 Å². The van der Waals surface area contributed by atoms with Crippen molar-refractivity contribution in [2.45, 2.75) is 78.4 Å². The van der Waals surface area contributed by atoms with Gasteiger partial charge in [-0.2, -0.15) is 0 Å². The number of ether oxygens (including phenoxy) is 2. The number of methoxy groups -OCH3 is 2. The van der Waals surface area contributed by atoms with Crippen LogP contribution in [0.4, 0.5) is 0 Å². The monoisotopic (exact) mass is 282 g/mol. The van der Waals surface area contributed by atoms with Crippen LogP contribution in [-0.4, -0.2) is 20.5 Å². The Bertz CT molecular complexity index is 275. The summed E-state index contributed by atoms with van der Waals surface area (Å²) in [6, 6.07) is 0. The smallest absolute Gasteiger partial charge is 0.157 e. The Morgan fingerprint density at radius 3 is 2.10 bits per heavy atom. The zero-order valence-electron chi connectivity index (χ0n) is 14.2. The number of rotatable bonds is 12. The van der Waals surface area contributed by atoms with E-state index in [0.717, 1.165) is 19.3 Å². The summed E-state index contributed by atoms with van der Waals surface area (Å²) in [5, 5.41) is 0. The fourth-order valence-electron chi connectivity index (χ4n) is 2.17. The van der Waals surface area contributed by atoms with Crippen LogP contribution in [0.2, 0.25) is 0 Å². The van der Waals surface area contributed by atoms with Crippen molar-refractivity contribution in [2.24, 2.45) is 0 Å². The predicted octanol–water partition coefficient (Wildman–Crippen LogP) is 5.64. The van der Waals surface area contributed by atoms with Crippen LogP contribution in [-0.2, 0) is 9.47 Å². The summed E-state index contributed by atoms with van der Waals surface area (Å²) in [7, 11) is 3.39. The maximum atomic E-state index is 5.20. The molecule has 0 aromatic carbocycles. The van der Waals surface area contributed by atoms with Crippen LogP contribution in [0.3, 0.4) is 0 Å². The molecule has 0 aliphatic rings. The maximum absolute atomic E-state index is 5.20. The normalized spacial score (nSPS) is 13.3. The van der Waals surface area contributed by atoms with Gasteiger partial charge in [0.1, 0.15) is 0 Å². The van der Waals surface area contributed by atoms with Crippen LogP contribution >= 0.6 is 0 Å². The molecule has 0 fully saturated rings. The highest BCUT2D eigenvalue weighted by molar-refractivity contribution is 5.03. The van der Waals surface area contributed by atoms with Gasteiger partial charge in [-0.05, 0) is 46.0 Å². The minimum atomic E-state index is -0.0708. The lowest BCUT2D eigenvalue weighted by molar-refractivity contribution is -0.105. The highest BCUT2D eigenvalue weighted by Gasteiger charge is 2.04. The molecule has 0 bridgehead atoms. The lowest BCUT2D eigenvalue weighted by Crippen LogP contribution is -2.12. The first-order valence-electron chi connectivity index (χ1n) is 8.00. The second-order valence-corrected chi connectivity index (χ2v) is 5.58. The molecule has 0 aliphatic heterocycles. The van der Waals surface area contributed by atoms with E-state index in [-0.39, 0.29) is 6.29 Å². The minimum Gasteiger partial charge on any atom is -0.356 e. The van der Waals surface area contributed by atoms with Crippen molar-refractivity contribution in [3.63, 3.8) is 0 Å². The summed E-state index contributed by atoms with van der Waals surface area (Å²) < 4.78 is 10.4. The van der Waals surface area contributed by atoms with Gasteiger partial charge in [0.15, 0.2) is 6.29 Å². The topological polar surface area (TPSA) is 18.5 Å². The van der Waals surface area contributed by atoms with E-state index in [2.05, 4.69) is 32.9 Å². The molecular formula is C18H34O2. The molecule has 0 aromatic rings. The van der Waals surface area contributed by atoms with E-state index in [0.29, 0.717) is 0 Å². The van der Waals surface area contributed by atoms with Gasteiger partial charge in [0.05, 0.1) is 0 Å². The van der Waals surface area contributed by atoms with E-state index in [9.17, 15) is 0 Å². The molecule has 2 nitrogen and oxygen atoms in total. The van der Waals surface area contributed by atoms with Gasteiger partial charge in [0.2, 0.25) is 0 Å². The SMILES string of the molecule is CCCCC/C=C(/C)CC/C=C(/C)CCC(OC)OC. The predicted molar refractivity (Wildman–Crippen MR) is 87.9 cm³/mol. The molecule has 0 aliphatic carbocycles. The van der Waals surface area contributed by atoms with Crippen molar-refractivity contribution in [1.29, 1.82) is 0 Å². The Kier molecular flexibility index (Phi) is 13.0. The zero-order chi connectivity index (χ0) is 15.2. The molecule has 2 heteroatoms. The molecule has 20 heavy (non-hydrogen) atoms. The molecule has 0 amide bonds. The van der Waals surface area contributed by atoms with Gasteiger partial charge < -0.3 is 9.47 Å². The van der Waals surface area contributed by atoms with E-state index in [1.807, 2.05) is 0 Å². The molecule has 0 N–H and O–H groups in total. The quantitative estimate of drug-likeness (QED) is 0.262. The number of hydrogen-bond donors (Lipinski definition) is 0. The molecule has 0 aromatic heterocycles. The minimum absolute atomic E-state index is 0.0708. The lowest BCUT2D eigenvalue weighted by atomic mass is 10.1. The molecule has 0 heterocycles. The first-order chi connectivity index (χ1) is 9.63. The van der Waals surface area contributed by atoms with Gasteiger partial charge in [-0.15, -0.1) is 0 Å². The molecule has 0 radical (unpaired) electrons. The van der Waals surface area contributed by atoms with Gasteiger partial charge >= 0.3 is 0 Å². The highest BCUT2D eigenvalue weighted by Crippen LogP contribution is 2.13. The van der Waals surface area contributed by atoms with E-state index in [4.69, 9.17) is 9.47 Å². The molecule has 0 saturated carbocycles. The summed E-state index contributed by atoms with van der Waals surface area (Å²) >= 11 is 0. The van der Waals surface area contributed by atoms with Crippen molar-refractivity contribution in [3.05, 3.63) is 23.3 Å². The van der Waals surface area contributed by atoms with E-state index in [1.54, 1.807) is 14.2 Å². The molecule has 0 rings (SSSR count). The van der Waals surface area contributed by atoms with E-state index in [1.165, 1.54) is 43.3 Å². The van der Waals surface area contributed by atoms with Crippen LogP contribution in [0.5, 0.6) is 0 Å². The van der Waals surface area contributed by atoms with Crippen molar-refractivity contribution in [3.8, 4) is 0 Å². The fourth-order valence-corrected chi connectivity index (χ4v) is 2.17. The Hall–Kier alpha value is -0.600. The van der Waals surface area contributed by atoms with Gasteiger partial charge in [-0.3, -0.25) is 0 Å². The van der Waals surface area contributed by atoms with Gasteiger partial charge in [-0.25, -0.2) is 0 Å². The van der Waals surface area contributed by atoms with Gasteiger partial charge in [0, 0.05) is 20.6 Å². The number of hydrogen-bond acceptors (Lipinski definition) is 2. The highest BCUT2D eigenvalue weighted by atomic mass is 16.7. The third-order valence-electron chi connectivity index (χ3n) is 3.63. The third kappa shape index (κ3) is 11.2. The Morgan fingerprint density at radius 2 is 1.50 bits per heavy atom. The van der Waals surface area contributed by atoms with Crippen LogP contribution in [0, 0.1) is 0 Å². The maximum Gasteiger partial charge on any atom is 0.157 e. The third-order valence-corrected chi connectivity index (χ3v) is 3.63. The fraction of sp³-hybridized carbons (Fsp3) is 0.778. The summed E-state index contributed by atoms with van der Waals surface area (Å²) in [5.74, 6) is 0. The van der Waals surface area contributed by atoms with Crippen molar-refractivity contribution in [1.82, 2.24) is 0 Å². The number of unbranched alkanes of at least 4 members (excludes halogenated alkanes) is 3. The second-order valence-electron chi connectivity index (χ2n) is 5.58. The summed E-state index contributed by atoms with van der Waals surface area (Å²) in [6.45, 7) is 6.70. The van der Waals surface area contributed by atoms with Crippen molar-refractivity contribution >= 4 is 0 Å². The largest absolute Gasteiger partial charge is 0.356 e. The molecule has 0 unspecified atom stereocenters. The Morgan fingerprint density at radius 1 is 0.900 bits per heavy atom. The molecular weight excluding hydrogens is 248 g/mol. The summed E-state index contributed by atoms with van der Waals surface area (Å²) in [5.41, 5.74) is 2.96. The lowest BCUT2D eigenvalue weighted by Gasteiger charge is -2.12. The van der Waals surface area contributed by atoms with Crippen LogP contribution < -0.4 is 0 Å². The summed E-state index contributed by atoms with van der Waals surface area (Å²) in [6.07, 6.45) is 14.2. The van der Waals surface area contributed by atoms with Crippen molar-refractivity contribution in [2.75, 3.05) is 14.2 Å². The number of allylic oxidation sites excluding steroid dienone is 4. The summed E-state index contributed by atoms with van der Waals surface area (Å²) in [4.78, 5) is 0. The van der Waals surface area contributed by atoms with Crippen LogP contribution in [0.25, 0.3) is 0 Å². The average Bonchev–Trinajstić information content (AvgIpc) is 2.44. The second kappa shape index (κ2) is 13.4. The standard InChI is InChI=1S/C18H34O2/c1-6-7-8-9-11-16(2)12-10-13-17(3)14-15-18(19-4)20-5/h11,13,18H,6-10,12,14-15H2,1-5H3/b16-11-,17-13-. The molecule has 0 spiro atoms. The van der Waals surface area contributed by atoms with Gasteiger partial charge in [-0.1, -0.05) is 43.1 Å². The zero-order valence-corrected chi connectivity index (χ0v) is 14.2. The van der Waals surface area contributed by atoms with Crippen LogP contribution in [0.15, 0.2) is 23.3 Å². The van der Waals surface area contributed by atoms with Gasteiger partial charge in [0.25, 0.3) is 0 Å². The van der Waals surface area contributed by atoms with E-state index < -0.39 is 0 Å². The molecule has 0 atom stereocenters. The van der Waals surface area contributed by atoms with E-state index >= 15 is 0 Å². The van der Waals surface area contributed by atoms with Crippen LogP contribution in [0.1, 0.15) is 72.1 Å². The Balaban J connectivity index is 3.81. The average molecular weight is 282 g/mol. The first kappa shape index (κ1) is 19.4. The molecule has 118 valence electrons. The molecule has 0 saturated heterocycles.